The zero-order valence-electron chi connectivity index (χ0n) is 11.0. The van der Waals surface area contributed by atoms with Crippen molar-refractivity contribution in [1.29, 1.82) is 0 Å². The van der Waals surface area contributed by atoms with E-state index in [2.05, 4.69) is 41.0 Å². The second kappa shape index (κ2) is 7.04. The first-order valence-electron chi connectivity index (χ1n) is 6.54. The van der Waals surface area contributed by atoms with Gasteiger partial charge in [-0.3, -0.25) is 0 Å². The van der Waals surface area contributed by atoms with E-state index in [9.17, 15) is 0 Å². The van der Waals surface area contributed by atoms with E-state index in [0.717, 1.165) is 30.7 Å². The van der Waals surface area contributed by atoms with Crippen LogP contribution in [0, 0.1) is 0 Å². The predicted molar refractivity (Wildman–Crippen MR) is 81.3 cm³/mol. The monoisotopic (exact) mass is 273 g/mol. The minimum absolute atomic E-state index is 0.563. The summed E-state index contributed by atoms with van der Waals surface area (Å²) in [6.45, 7) is 3.75. The van der Waals surface area contributed by atoms with Crippen LogP contribution in [0.1, 0.15) is 29.0 Å². The van der Waals surface area contributed by atoms with Crippen molar-refractivity contribution in [2.24, 2.45) is 0 Å². The van der Waals surface area contributed by atoms with Crippen LogP contribution in [0.25, 0.3) is 0 Å². The van der Waals surface area contributed by atoms with Gasteiger partial charge in [0, 0.05) is 6.42 Å². The van der Waals surface area contributed by atoms with E-state index < -0.39 is 0 Å². The highest BCUT2D eigenvalue weighted by molar-refractivity contribution is 7.15. The van der Waals surface area contributed by atoms with Crippen LogP contribution in [0.15, 0.2) is 36.9 Å². The molecule has 0 saturated heterocycles. The quantitative estimate of drug-likeness (QED) is 0.621. The van der Waals surface area contributed by atoms with Gasteiger partial charge in [-0.2, -0.15) is 0 Å². The normalized spacial score (nSPS) is 10.5. The van der Waals surface area contributed by atoms with Crippen molar-refractivity contribution in [2.75, 3.05) is 5.73 Å². The molecule has 100 valence electrons. The molecule has 0 saturated carbocycles. The standard InChI is InChI=1S/C15H19N3S/c1-2-5-12-8-10-13(11-9-12)6-3-4-7-14-17-18-15(16)19-14/h2,8-11H,1,3-7H2,(H2,16,18). The molecule has 4 heteroatoms. The maximum absolute atomic E-state index is 5.55. The number of aryl methyl sites for hydroxylation is 2. The lowest BCUT2D eigenvalue weighted by Gasteiger charge is -2.02. The van der Waals surface area contributed by atoms with Crippen molar-refractivity contribution in [1.82, 2.24) is 10.2 Å². The molecule has 19 heavy (non-hydrogen) atoms. The van der Waals surface area contributed by atoms with Crippen LogP contribution in [0.5, 0.6) is 0 Å². The van der Waals surface area contributed by atoms with E-state index in [1.165, 1.54) is 28.9 Å². The Labute approximate surface area is 118 Å². The molecule has 3 nitrogen and oxygen atoms in total. The van der Waals surface area contributed by atoms with Crippen LogP contribution >= 0.6 is 11.3 Å². The maximum atomic E-state index is 5.55. The molecule has 0 amide bonds. The Kier molecular flexibility index (Phi) is 5.10. The molecule has 0 unspecified atom stereocenters. The second-order valence-corrected chi connectivity index (χ2v) is 5.64. The maximum Gasteiger partial charge on any atom is 0.203 e. The van der Waals surface area contributed by atoms with Crippen LogP contribution in [-0.4, -0.2) is 10.2 Å². The minimum Gasteiger partial charge on any atom is -0.374 e. The Morgan fingerprint density at radius 3 is 2.37 bits per heavy atom. The van der Waals surface area contributed by atoms with E-state index in [4.69, 9.17) is 5.73 Å². The van der Waals surface area contributed by atoms with Gasteiger partial charge in [-0.15, -0.1) is 16.8 Å². The van der Waals surface area contributed by atoms with Crippen LogP contribution < -0.4 is 5.73 Å². The molecule has 0 spiro atoms. The summed E-state index contributed by atoms with van der Waals surface area (Å²) in [7, 11) is 0. The lowest BCUT2D eigenvalue weighted by atomic mass is 10.0. The molecule has 2 rings (SSSR count). The summed E-state index contributed by atoms with van der Waals surface area (Å²) in [6.07, 6.45) is 7.26. The molecule has 0 aliphatic heterocycles. The zero-order chi connectivity index (χ0) is 13.5. The van der Waals surface area contributed by atoms with Gasteiger partial charge in [0.15, 0.2) is 0 Å². The fourth-order valence-corrected chi connectivity index (χ4v) is 2.63. The van der Waals surface area contributed by atoms with Gasteiger partial charge in [0.25, 0.3) is 0 Å². The van der Waals surface area contributed by atoms with Crippen LogP contribution in [0.3, 0.4) is 0 Å². The summed E-state index contributed by atoms with van der Waals surface area (Å²) in [5, 5.41) is 9.45. The molecular weight excluding hydrogens is 254 g/mol. The third-order valence-electron chi connectivity index (χ3n) is 2.99. The van der Waals surface area contributed by atoms with Gasteiger partial charge < -0.3 is 5.73 Å². The number of hydrogen-bond donors (Lipinski definition) is 1. The number of benzene rings is 1. The van der Waals surface area contributed by atoms with Crippen molar-refractivity contribution in [3.63, 3.8) is 0 Å². The third-order valence-corrected chi connectivity index (χ3v) is 3.80. The molecule has 0 aliphatic rings. The van der Waals surface area contributed by atoms with E-state index in [-0.39, 0.29) is 0 Å². The number of nitrogen functional groups attached to an aromatic ring is 1. The predicted octanol–water partition coefficient (Wildman–Crippen LogP) is 3.41. The number of unbranched alkanes of at least 4 members (excludes halogenated alkanes) is 1. The highest BCUT2D eigenvalue weighted by Gasteiger charge is 2.01. The first-order chi connectivity index (χ1) is 9.28. The zero-order valence-corrected chi connectivity index (χ0v) is 11.8. The van der Waals surface area contributed by atoms with Gasteiger partial charge in [-0.05, 0) is 36.8 Å². The van der Waals surface area contributed by atoms with Crippen LogP contribution in [0.2, 0.25) is 0 Å². The molecule has 0 fully saturated rings. The molecule has 1 heterocycles. The SMILES string of the molecule is C=CCc1ccc(CCCCc2nnc(N)s2)cc1. The Morgan fingerprint density at radius 2 is 1.74 bits per heavy atom. The number of allylic oxidation sites excluding steroid dienone is 1. The average Bonchev–Trinajstić information content (AvgIpc) is 2.83. The Morgan fingerprint density at radius 1 is 1.05 bits per heavy atom. The molecule has 2 N–H and O–H groups in total. The number of rotatable bonds is 7. The molecule has 0 bridgehead atoms. The largest absolute Gasteiger partial charge is 0.374 e. The summed E-state index contributed by atoms with van der Waals surface area (Å²) in [5.74, 6) is 0. The number of anilines is 1. The second-order valence-electron chi connectivity index (χ2n) is 4.55. The van der Waals surface area contributed by atoms with E-state index >= 15 is 0 Å². The van der Waals surface area contributed by atoms with Gasteiger partial charge in [0.2, 0.25) is 5.13 Å². The molecule has 1 aromatic carbocycles. The van der Waals surface area contributed by atoms with Gasteiger partial charge in [-0.1, -0.05) is 41.7 Å². The number of nitrogens with zero attached hydrogens (tertiary/aromatic N) is 2. The summed E-state index contributed by atoms with van der Waals surface area (Å²) in [6, 6.07) is 8.79. The van der Waals surface area contributed by atoms with E-state index in [1.54, 1.807) is 0 Å². The Bertz CT molecular complexity index is 516. The summed E-state index contributed by atoms with van der Waals surface area (Å²) in [5.41, 5.74) is 8.27. The third kappa shape index (κ3) is 4.48. The van der Waals surface area contributed by atoms with Crippen molar-refractivity contribution in [2.45, 2.75) is 32.1 Å². The van der Waals surface area contributed by atoms with Crippen molar-refractivity contribution in [3.8, 4) is 0 Å². The molecular formula is C15H19N3S. The van der Waals surface area contributed by atoms with Crippen LogP contribution in [0.4, 0.5) is 5.13 Å². The average molecular weight is 273 g/mol. The topological polar surface area (TPSA) is 51.8 Å². The van der Waals surface area contributed by atoms with Gasteiger partial charge in [-0.25, -0.2) is 0 Å². The highest BCUT2D eigenvalue weighted by atomic mass is 32.1. The first-order valence-corrected chi connectivity index (χ1v) is 7.36. The molecule has 0 atom stereocenters. The number of aromatic nitrogens is 2. The smallest absolute Gasteiger partial charge is 0.203 e. The lowest BCUT2D eigenvalue weighted by molar-refractivity contribution is 0.726. The van der Waals surface area contributed by atoms with Gasteiger partial charge in [0.1, 0.15) is 5.01 Å². The highest BCUT2D eigenvalue weighted by Crippen LogP contribution is 2.15. The fourth-order valence-electron chi connectivity index (χ4n) is 1.98. The molecule has 0 aliphatic carbocycles. The van der Waals surface area contributed by atoms with Gasteiger partial charge in [0.05, 0.1) is 0 Å². The van der Waals surface area contributed by atoms with E-state index in [0.29, 0.717) is 5.13 Å². The molecule has 2 aromatic rings. The summed E-state index contributed by atoms with van der Waals surface area (Å²) in [4.78, 5) is 0. The first kappa shape index (κ1) is 13.7. The minimum atomic E-state index is 0.563. The van der Waals surface area contributed by atoms with E-state index in [1.807, 2.05) is 6.08 Å². The van der Waals surface area contributed by atoms with Gasteiger partial charge >= 0.3 is 0 Å². The lowest BCUT2D eigenvalue weighted by Crippen LogP contribution is -1.90. The van der Waals surface area contributed by atoms with Crippen molar-refractivity contribution in [3.05, 3.63) is 53.1 Å². The Balaban J connectivity index is 1.71. The Hall–Kier alpha value is -1.68. The summed E-state index contributed by atoms with van der Waals surface area (Å²) < 4.78 is 0. The van der Waals surface area contributed by atoms with Crippen molar-refractivity contribution >= 4 is 16.5 Å². The molecule has 0 radical (unpaired) electrons. The fraction of sp³-hybridized carbons (Fsp3) is 0.333. The summed E-state index contributed by atoms with van der Waals surface area (Å²) >= 11 is 1.49. The van der Waals surface area contributed by atoms with Crippen LogP contribution in [-0.2, 0) is 19.3 Å². The molecule has 1 aromatic heterocycles. The van der Waals surface area contributed by atoms with Crippen molar-refractivity contribution < 1.29 is 0 Å². The number of nitrogens with two attached hydrogens (primary N) is 1. The number of hydrogen-bond acceptors (Lipinski definition) is 4.